The quantitative estimate of drug-likeness (QED) is 0.525. The highest BCUT2D eigenvalue weighted by molar-refractivity contribution is 5.56. The van der Waals surface area contributed by atoms with Gasteiger partial charge in [-0.05, 0) is 81.7 Å². The topological polar surface area (TPSA) is 15.3 Å². The van der Waals surface area contributed by atoms with Crippen LogP contribution in [0.3, 0.4) is 0 Å². The lowest BCUT2D eigenvalue weighted by Crippen LogP contribution is -2.38. The lowest BCUT2D eigenvalue weighted by Gasteiger charge is -2.38. The number of likely N-dealkylation sites (N-methyl/N-ethyl adjacent to an activating group) is 1. The third-order valence-corrected chi connectivity index (χ3v) is 7.51. The van der Waals surface area contributed by atoms with Crippen LogP contribution in [-0.2, 0) is 0 Å². The largest absolute Gasteiger partial charge is 0.374 e. The van der Waals surface area contributed by atoms with E-state index in [1.165, 1.54) is 36.8 Å². The van der Waals surface area contributed by atoms with E-state index in [1.807, 2.05) is 0 Å². The van der Waals surface area contributed by atoms with Gasteiger partial charge in [0.25, 0.3) is 0 Å². The lowest BCUT2D eigenvalue weighted by molar-refractivity contribution is 0.312. The van der Waals surface area contributed by atoms with Crippen LogP contribution in [0.25, 0.3) is 0 Å². The van der Waals surface area contributed by atoms with Crippen molar-refractivity contribution in [3.8, 4) is 0 Å². The molecule has 0 radical (unpaired) electrons. The van der Waals surface area contributed by atoms with Crippen LogP contribution in [-0.4, -0.2) is 31.1 Å². The molecule has 3 aliphatic carbocycles. The van der Waals surface area contributed by atoms with Gasteiger partial charge in [-0.1, -0.05) is 50.6 Å². The van der Waals surface area contributed by atoms with Crippen LogP contribution in [0.4, 0.5) is 0 Å². The first-order valence-electron chi connectivity index (χ1n) is 11.0. The summed E-state index contributed by atoms with van der Waals surface area (Å²) in [6, 6.07) is 0.444. The molecule has 2 nitrogen and oxygen atoms in total. The molecule has 1 spiro atoms. The summed E-state index contributed by atoms with van der Waals surface area (Å²) >= 11 is 0. The maximum Gasteiger partial charge on any atom is 0.0381 e. The van der Waals surface area contributed by atoms with Crippen LogP contribution in [0.1, 0.15) is 60.3 Å². The molecule has 0 bridgehead atoms. The zero-order valence-electron chi connectivity index (χ0n) is 18.4. The van der Waals surface area contributed by atoms with Gasteiger partial charge >= 0.3 is 0 Å². The Morgan fingerprint density at radius 3 is 2.70 bits per heavy atom. The maximum atomic E-state index is 4.48. The minimum absolute atomic E-state index is 0.444. The van der Waals surface area contributed by atoms with Gasteiger partial charge in [0.2, 0.25) is 0 Å². The molecule has 150 valence electrons. The highest BCUT2D eigenvalue weighted by Crippen LogP contribution is 2.71. The lowest BCUT2D eigenvalue weighted by atomic mass is 9.69. The number of nitrogens with one attached hydrogen (secondary N) is 1. The molecule has 0 amide bonds. The predicted octanol–water partition coefficient (Wildman–Crippen LogP) is 5.71. The molecule has 27 heavy (non-hydrogen) atoms. The number of allylic oxidation sites excluding steroid dienone is 4. The summed E-state index contributed by atoms with van der Waals surface area (Å²) in [5.41, 5.74) is 6.85. The van der Waals surface area contributed by atoms with Crippen LogP contribution in [0, 0.1) is 23.2 Å². The van der Waals surface area contributed by atoms with Crippen LogP contribution >= 0.6 is 0 Å². The van der Waals surface area contributed by atoms with Crippen LogP contribution < -0.4 is 5.32 Å². The van der Waals surface area contributed by atoms with E-state index < -0.39 is 0 Å². The first-order valence-corrected chi connectivity index (χ1v) is 11.0. The Balaban J connectivity index is 1.64. The van der Waals surface area contributed by atoms with Gasteiger partial charge < -0.3 is 10.2 Å². The van der Waals surface area contributed by atoms with Gasteiger partial charge in [0.15, 0.2) is 0 Å². The second-order valence-electron chi connectivity index (χ2n) is 9.37. The van der Waals surface area contributed by atoms with Crippen molar-refractivity contribution in [2.45, 2.75) is 66.3 Å². The molecule has 0 aromatic heterocycles. The summed E-state index contributed by atoms with van der Waals surface area (Å²) in [7, 11) is 2.12. The Morgan fingerprint density at radius 1 is 1.44 bits per heavy atom. The van der Waals surface area contributed by atoms with E-state index in [2.05, 4.69) is 76.8 Å². The molecule has 2 heteroatoms. The van der Waals surface area contributed by atoms with Gasteiger partial charge in [-0.2, -0.15) is 0 Å². The van der Waals surface area contributed by atoms with E-state index in [4.69, 9.17) is 0 Å². The predicted molar refractivity (Wildman–Crippen MR) is 118 cm³/mol. The van der Waals surface area contributed by atoms with Gasteiger partial charge in [-0.25, -0.2) is 0 Å². The summed E-state index contributed by atoms with van der Waals surface area (Å²) < 4.78 is 0. The summed E-state index contributed by atoms with van der Waals surface area (Å²) in [5, 5.41) is 3.60. The number of hydrogen-bond donors (Lipinski definition) is 1. The molecule has 0 aliphatic heterocycles. The van der Waals surface area contributed by atoms with Crippen molar-refractivity contribution in [1.29, 1.82) is 0 Å². The number of nitrogens with zero attached hydrogens (tertiary/aromatic N) is 1. The number of rotatable bonds is 9. The Morgan fingerprint density at radius 2 is 2.15 bits per heavy atom. The van der Waals surface area contributed by atoms with E-state index >= 15 is 0 Å². The normalized spacial score (nSPS) is 32.1. The van der Waals surface area contributed by atoms with Crippen molar-refractivity contribution in [2.75, 3.05) is 20.1 Å². The van der Waals surface area contributed by atoms with Crippen molar-refractivity contribution < 1.29 is 0 Å². The van der Waals surface area contributed by atoms with E-state index in [-0.39, 0.29) is 0 Å². The summed E-state index contributed by atoms with van der Waals surface area (Å²) in [6.45, 7) is 18.1. The smallest absolute Gasteiger partial charge is 0.0381 e. The monoisotopic (exact) mass is 368 g/mol. The second kappa shape index (κ2) is 7.99. The molecule has 1 N–H and O–H groups in total. The van der Waals surface area contributed by atoms with Crippen molar-refractivity contribution in [3.63, 3.8) is 0 Å². The van der Waals surface area contributed by atoms with Crippen LogP contribution in [0.15, 0.2) is 47.2 Å². The first kappa shape index (κ1) is 20.5. The molecule has 1 fully saturated rings. The van der Waals surface area contributed by atoms with Crippen LogP contribution in [0.2, 0.25) is 0 Å². The SMILES string of the molecule is C=C1C2=C(CC13CC3C)C(C(C)C(/C=C(\C)CN(/C=C\C)CCC)NC)C2. The molecule has 0 aromatic carbocycles. The van der Waals surface area contributed by atoms with Crippen molar-refractivity contribution in [3.05, 3.63) is 47.2 Å². The van der Waals surface area contributed by atoms with Crippen LogP contribution in [0.5, 0.6) is 0 Å². The van der Waals surface area contributed by atoms with Crippen molar-refractivity contribution >= 4 is 0 Å². The zero-order valence-corrected chi connectivity index (χ0v) is 18.4. The Kier molecular flexibility index (Phi) is 6.05. The van der Waals surface area contributed by atoms with E-state index in [1.54, 1.807) is 11.1 Å². The van der Waals surface area contributed by atoms with Gasteiger partial charge in [0.1, 0.15) is 0 Å². The fraction of sp³-hybridized carbons (Fsp3) is 0.680. The van der Waals surface area contributed by atoms with Crippen molar-refractivity contribution in [2.24, 2.45) is 23.2 Å². The Labute approximate surface area is 167 Å². The highest BCUT2D eigenvalue weighted by atomic mass is 15.1. The molecule has 0 saturated heterocycles. The third-order valence-electron chi connectivity index (χ3n) is 7.51. The van der Waals surface area contributed by atoms with Gasteiger partial charge in [-0.3, -0.25) is 0 Å². The molecular formula is C25H40N2. The average Bonchev–Trinajstić information content (AvgIpc) is 3.22. The molecule has 0 aromatic rings. The Bertz CT molecular complexity index is 668. The Hall–Kier alpha value is -1.28. The fourth-order valence-electron chi connectivity index (χ4n) is 5.66. The average molecular weight is 369 g/mol. The maximum absolute atomic E-state index is 4.48. The summed E-state index contributed by atoms with van der Waals surface area (Å²) in [6.07, 6.45) is 12.0. The fourth-order valence-corrected chi connectivity index (χ4v) is 5.66. The minimum Gasteiger partial charge on any atom is -0.374 e. The molecule has 3 rings (SSSR count). The van der Waals surface area contributed by atoms with Gasteiger partial charge in [0, 0.05) is 24.5 Å². The third kappa shape index (κ3) is 3.70. The first-order chi connectivity index (χ1) is 12.9. The van der Waals surface area contributed by atoms with E-state index in [0.29, 0.717) is 17.4 Å². The molecule has 0 heterocycles. The molecule has 3 aliphatic rings. The van der Waals surface area contributed by atoms with Gasteiger partial charge in [-0.15, -0.1) is 0 Å². The summed E-state index contributed by atoms with van der Waals surface area (Å²) in [4.78, 5) is 2.42. The van der Waals surface area contributed by atoms with E-state index in [9.17, 15) is 0 Å². The molecular weight excluding hydrogens is 328 g/mol. The zero-order chi connectivity index (χ0) is 19.8. The molecule has 5 unspecified atom stereocenters. The van der Waals surface area contributed by atoms with E-state index in [0.717, 1.165) is 24.9 Å². The highest BCUT2D eigenvalue weighted by Gasteiger charge is 2.60. The minimum atomic E-state index is 0.444. The second-order valence-corrected chi connectivity index (χ2v) is 9.37. The van der Waals surface area contributed by atoms with Crippen molar-refractivity contribution in [1.82, 2.24) is 10.2 Å². The standard InChI is InChI=1S/C25H40N2/c1-8-10-27(11-9-2)16-17(3)12-24(26-7)19(5)21-13-22-20(6)25(14-18(25)4)15-23(21)22/h8,10,12,18-19,21,24,26H,6,9,11,13-16H2,1-5,7H3/b10-8-,17-12+. The summed E-state index contributed by atoms with van der Waals surface area (Å²) in [5.74, 6) is 2.24. The number of hydrogen-bond acceptors (Lipinski definition) is 2. The molecule has 1 saturated carbocycles. The van der Waals surface area contributed by atoms with Gasteiger partial charge in [0.05, 0.1) is 0 Å². The molecule has 5 atom stereocenters.